The molecule has 1 rings (SSSR count). The Morgan fingerprint density at radius 1 is 1.23 bits per heavy atom. The van der Waals surface area contributed by atoms with Gasteiger partial charge in [-0.1, -0.05) is 0 Å². The first kappa shape index (κ1) is 10.2. The number of hydrogen-bond donors (Lipinski definition) is 0. The van der Waals surface area contributed by atoms with Crippen molar-refractivity contribution in [1.29, 1.82) is 0 Å². The molecule has 0 radical (unpaired) electrons. The van der Waals surface area contributed by atoms with Crippen LogP contribution in [0.3, 0.4) is 0 Å². The molecule has 0 saturated carbocycles. The van der Waals surface area contributed by atoms with E-state index < -0.39 is 0 Å². The first-order chi connectivity index (χ1) is 6.43. The average Bonchev–Trinajstić information content (AvgIpc) is 2.19. The predicted molar refractivity (Wildman–Crippen MR) is 56.5 cm³/mol. The molecule has 1 aromatic carbocycles. The van der Waals surface area contributed by atoms with E-state index in [4.69, 9.17) is 0 Å². The van der Waals surface area contributed by atoms with E-state index in [9.17, 15) is 4.79 Å². The van der Waals surface area contributed by atoms with E-state index in [1.807, 2.05) is 12.1 Å². The quantitative estimate of drug-likeness (QED) is 0.330. The average molecular weight is 239 g/mol. The molecule has 0 aliphatic rings. The van der Waals surface area contributed by atoms with Crippen LogP contribution in [-0.2, 0) is 4.79 Å². The third-order valence-corrected chi connectivity index (χ3v) is 3.70. The van der Waals surface area contributed by atoms with Crippen molar-refractivity contribution < 1.29 is 4.79 Å². The van der Waals surface area contributed by atoms with Crippen LogP contribution in [0.2, 0.25) is 5.32 Å². The van der Waals surface area contributed by atoms with Crippen LogP contribution in [0.1, 0.15) is 6.42 Å². The summed E-state index contributed by atoms with van der Waals surface area (Å²) < 4.78 is 1.43. The molecule has 0 atom stereocenters. The second kappa shape index (κ2) is 6.64. The SMILES string of the molecule is O=C/C=C/CC[Se]c1ccccc1. The third-order valence-electron chi connectivity index (χ3n) is 1.51. The maximum atomic E-state index is 9.96. The molecule has 68 valence electrons. The van der Waals surface area contributed by atoms with E-state index >= 15 is 0 Å². The molecule has 13 heavy (non-hydrogen) atoms. The van der Waals surface area contributed by atoms with Gasteiger partial charge in [0.05, 0.1) is 0 Å². The fraction of sp³-hybridized carbons (Fsp3) is 0.182. The van der Waals surface area contributed by atoms with Gasteiger partial charge in [-0.05, 0) is 0 Å². The van der Waals surface area contributed by atoms with Gasteiger partial charge in [0.25, 0.3) is 0 Å². The molecular weight excluding hydrogens is 227 g/mol. The second-order valence-electron chi connectivity index (χ2n) is 2.51. The van der Waals surface area contributed by atoms with Crippen molar-refractivity contribution in [3.8, 4) is 0 Å². The summed E-state index contributed by atoms with van der Waals surface area (Å²) in [6.45, 7) is 0. The van der Waals surface area contributed by atoms with Crippen LogP contribution >= 0.6 is 0 Å². The summed E-state index contributed by atoms with van der Waals surface area (Å²) in [6, 6.07) is 10.5. The standard InChI is InChI=1S/C11H12OSe/c12-9-5-2-6-10-13-11-7-3-1-4-8-11/h1-5,7-9H,6,10H2/b5-2+. The van der Waals surface area contributed by atoms with Crippen molar-refractivity contribution in [2.45, 2.75) is 11.7 Å². The van der Waals surface area contributed by atoms with E-state index in [0.717, 1.165) is 12.7 Å². The minimum atomic E-state index is 0.550. The number of aldehydes is 1. The molecule has 0 amide bonds. The number of rotatable bonds is 5. The Hall–Kier alpha value is -0.851. The Balaban J connectivity index is 2.20. The van der Waals surface area contributed by atoms with Crippen molar-refractivity contribution in [3.05, 3.63) is 42.5 Å². The molecule has 0 aliphatic carbocycles. The van der Waals surface area contributed by atoms with Gasteiger partial charge in [0.1, 0.15) is 0 Å². The van der Waals surface area contributed by atoms with E-state index in [1.165, 1.54) is 9.78 Å². The molecule has 0 unspecified atom stereocenters. The van der Waals surface area contributed by atoms with Crippen LogP contribution in [0.4, 0.5) is 0 Å². The van der Waals surface area contributed by atoms with Crippen molar-refractivity contribution >= 4 is 25.7 Å². The Labute approximate surface area is 85.0 Å². The first-order valence-corrected chi connectivity index (χ1v) is 6.28. The molecule has 0 aromatic heterocycles. The molecule has 2 heteroatoms. The number of carbonyl (C=O) groups is 1. The second-order valence-corrected chi connectivity index (χ2v) is 4.97. The summed E-state index contributed by atoms with van der Waals surface area (Å²) in [7, 11) is 0. The number of hydrogen-bond acceptors (Lipinski definition) is 1. The van der Waals surface area contributed by atoms with Crippen LogP contribution in [0.15, 0.2) is 42.5 Å². The molecule has 1 nitrogen and oxygen atoms in total. The Morgan fingerprint density at radius 3 is 2.69 bits per heavy atom. The number of allylic oxidation sites excluding steroid dienone is 2. The molecule has 0 heterocycles. The van der Waals surface area contributed by atoms with Crippen molar-refractivity contribution in [2.75, 3.05) is 0 Å². The summed E-state index contributed by atoms with van der Waals surface area (Å²) in [6.07, 6.45) is 5.34. The van der Waals surface area contributed by atoms with Gasteiger partial charge < -0.3 is 0 Å². The van der Waals surface area contributed by atoms with E-state index in [2.05, 4.69) is 24.3 Å². The first-order valence-electron chi connectivity index (χ1n) is 4.21. The van der Waals surface area contributed by atoms with Gasteiger partial charge >= 0.3 is 84.7 Å². The summed E-state index contributed by atoms with van der Waals surface area (Å²) in [5, 5.41) is 1.17. The summed E-state index contributed by atoms with van der Waals surface area (Å²) in [5.41, 5.74) is 0. The topological polar surface area (TPSA) is 17.1 Å². The molecular formula is C11H12OSe. The summed E-state index contributed by atoms with van der Waals surface area (Å²) in [4.78, 5) is 9.96. The van der Waals surface area contributed by atoms with E-state index in [-0.39, 0.29) is 0 Å². The van der Waals surface area contributed by atoms with Gasteiger partial charge in [-0.2, -0.15) is 0 Å². The number of carbonyl (C=O) groups excluding carboxylic acids is 1. The van der Waals surface area contributed by atoms with Crippen molar-refractivity contribution in [1.82, 2.24) is 0 Å². The van der Waals surface area contributed by atoms with Crippen LogP contribution in [0.5, 0.6) is 0 Å². The van der Waals surface area contributed by atoms with E-state index in [1.54, 1.807) is 6.08 Å². The fourth-order valence-corrected chi connectivity index (χ4v) is 2.67. The van der Waals surface area contributed by atoms with Gasteiger partial charge in [-0.3, -0.25) is 0 Å². The van der Waals surface area contributed by atoms with Crippen LogP contribution < -0.4 is 4.46 Å². The molecule has 0 spiro atoms. The monoisotopic (exact) mass is 240 g/mol. The Kier molecular flexibility index (Phi) is 5.23. The Morgan fingerprint density at radius 2 is 2.00 bits per heavy atom. The van der Waals surface area contributed by atoms with Gasteiger partial charge in [0.2, 0.25) is 0 Å². The van der Waals surface area contributed by atoms with Gasteiger partial charge in [0, 0.05) is 0 Å². The minimum absolute atomic E-state index is 0.550. The molecule has 0 N–H and O–H groups in total. The van der Waals surface area contributed by atoms with Gasteiger partial charge in [-0.25, -0.2) is 0 Å². The van der Waals surface area contributed by atoms with Crippen molar-refractivity contribution in [3.63, 3.8) is 0 Å². The summed E-state index contributed by atoms with van der Waals surface area (Å²) >= 11 is 0.550. The zero-order valence-corrected chi connectivity index (χ0v) is 9.06. The van der Waals surface area contributed by atoms with Crippen LogP contribution in [-0.4, -0.2) is 21.2 Å². The van der Waals surface area contributed by atoms with Crippen molar-refractivity contribution in [2.24, 2.45) is 0 Å². The Bertz CT molecular complexity index is 267. The zero-order chi connectivity index (χ0) is 9.36. The number of benzene rings is 1. The van der Waals surface area contributed by atoms with E-state index in [0.29, 0.717) is 15.0 Å². The zero-order valence-electron chi connectivity index (χ0n) is 7.35. The fourth-order valence-electron chi connectivity index (χ4n) is 0.913. The molecule has 0 bridgehead atoms. The molecule has 1 aromatic rings. The summed E-state index contributed by atoms with van der Waals surface area (Å²) in [5.74, 6) is 0. The predicted octanol–water partition coefficient (Wildman–Crippen LogP) is 1.58. The molecule has 0 fully saturated rings. The third kappa shape index (κ3) is 4.66. The van der Waals surface area contributed by atoms with Gasteiger partial charge in [0.15, 0.2) is 0 Å². The molecule has 0 saturated heterocycles. The van der Waals surface area contributed by atoms with Crippen LogP contribution in [0.25, 0.3) is 0 Å². The van der Waals surface area contributed by atoms with Gasteiger partial charge in [-0.15, -0.1) is 0 Å². The normalized spacial score (nSPS) is 10.5. The molecule has 0 aliphatic heterocycles. The maximum absolute atomic E-state index is 9.96. The van der Waals surface area contributed by atoms with Crippen LogP contribution in [0, 0.1) is 0 Å².